The predicted molar refractivity (Wildman–Crippen MR) is 98.2 cm³/mol. The maximum atomic E-state index is 5.99. The van der Waals surface area contributed by atoms with Crippen LogP contribution < -0.4 is 4.90 Å². The standard InChI is InChI=1S/C20H27ClN2/c1-20(2)16-4-3-15(19(20)13-16)14-22-9-11-23(12-10-22)18-7-5-17(21)6-8-18/h3,5-8,16,19H,4,9-14H2,1-2H3. The number of anilines is 1. The Bertz CT molecular complexity index is 597. The summed E-state index contributed by atoms with van der Waals surface area (Å²) in [6.45, 7) is 10.7. The fourth-order valence-electron chi connectivity index (χ4n) is 4.73. The molecule has 1 heterocycles. The average Bonchev–Trinajstić information content (AvgIpc) is 2.56. The largest absolute Gasteiger partial charge is 0.369 e. The second-order valence-corrected chi connectivity index (χ2v) is 8.50. The van der Waals surface area contributed by atoms with Crippen molar-refractivity contribution in [1.29, 1.82) is 0 Å². The van der Waals surface area contributed by atoms with E-state index < -0.39 is 0 Å². The van der Waals surface area contributed by atoms with Gasteiger partial charge in [-0.2, -0.15) is 0 Å². The Hall–Kier alpha value is -0.990. The third-order valence-electron chi connectivity index (χ3n) is 6.55. The third-order valence-corrected chi connectivity index (χ3v) is 6.80. The maximum Gasteiger partial charge on any atom is 0.0407 e. The second kappa shape index (κ2) is 5.82. The Kier molecular flexibility index (Phi) is 3.93. The zero-order valence-corrected chi connectivity index (χ0v) is 15.0. The van der Waals surface area contributed by atoms with Crippen LogP contribution in [0.25, 0.3) is 0 Å². The molecule has 3 heteroatoms. The summed E-state index contributed by atoms with van der Waals surface area (Å²) >= 11 is 5.99. The molecule has 0 amide bonds. The van der Waals surface area contributed by atoms with Gasteiger partial charge in [-0.15, -0.1) is 0 Å². The fraction of sp³-hybridized carbons (Fsp3) is 0.600. The highest BCUT2D eigenvalue weighted by atomic mass is 35.5. The number of fused-ring (bicyclic) bond motifs is 1. The van der Waals surface area contributed by atoms with Gasteiger partial charge in [-0.25, -0.2) is 0 Å². The van der Waals surface area contributed by atoms with Crippen LogP contribution >= 0.6 is 11.6 Å². The van der Waals surface area contributed by atoms with Crippen molar-refractivity contribution in [2.75, 3.05) is 37.6 Å². The maximum absolute atomic E-state index is 5.99. The van der Waals surface area contributed by atoms with E-state index in [1.165, 1.54) is 25.1 Å². The molecule has 0 N–H and O–H groups in total. The minimum atomic E-state index is 0.551. The Morgan fingerprint density at radius 3 is 2.39 bits per heavy atom. The summed E-state index contributed by atoms with van der Waals surface area (Å²) in [5.74, 6) is 1.79. The third kappa shape index (κ3) is 2.81. The molecule has 0 spiro atoms. The number of benzene rings is 1. The van der Waals surface area contributed by atoms with Crippen LogP contribution in [0.15, 0.2) is 35.9 Å². The van der Waals surface area contributed by atoms with E-state index >= 15 is 0 Å². The summed E-state index contributed by atoms with van der Waals surface area (Å²) in [6, 6.07) is 8.26. The van der Waals surface area contributed by atoms with Gasteiger partial charge in [0.15, 0.2) is 0 Å². The molecule has 1 saturated heterocycles. The molecule has 1 aliphatic heterocycles. The number of allylic oxidation sites excluding steroid dienone is 1. The molecule has 2 unspecified atom stereocenters. The molecule has 2 atom stereocenters. The fourth-order valence-corrected chi connectivity index (χ4v) is 4.86. The summed E-state index contributed by atoms with van der Waals surface area (Å²) in [5.41, 5.74) is 3.57. The van der Waals surface area contributed by atoms with Crippen LogP contribution in [-0.2, 0) is 0 Å². The first-order valence-electron chi connectivity index (χ1n) is 8.96. The molecule has 23 heavy (non-hydrogen) atoms. The van der Waals surface area contributed by atoms with Gasteiger partial charge < -0.3 is 4.90 Å². The van der Waals surface area contributed by atoms with Crippen molar-refractivity contribution in [1.82, 2.24) is 4.90 Å². The van der Waals surface area contributed by atoms with Gasteiger partial charge in [-0.1, -0.05) is 37.1 Å². The Morgan fingerprint density at radius 1 is 1.09 bits per heavy atom. The monoisotopic (exact) mass is 330 g/mol. The number of nitrogens with zero attached hydrogens (tertiary/aromatic N) is 2. The van der Waals surface area contributed by atoms with Crippen molar-refractivity contribution >= 4 is 17.3 Å². The molecule has 1 saturated carbocycles. The molecule has 2 nitrogen and oxygen atoms in total. The first-order chi connectivity index (χ1) is 11.0. The molecule has 4 aliphatic rings. The Labute approximate surface area is 145 Å². The van der Waals surface area contributed by atoms with Crippen molar-refractivity contribution in [3.05, 3.63) is 40.9 Å². The minimum absolute atomic E-state index is 0.551. The van der Waals surface area contributed by atoms with Crippen LogP contribution in [0.4, 0.5) is 5.69 Å². The van der Waals surface area contributed by atoms with Crippen molar-refractivity contribution in [2.45, 2.75) is 26.7 Å². The van der Waals surface area contributed by atoms with E-state index in [1.807, 2.05) is 12.1 Å². The van der Waals surface area contributed by atoms with Gasteiger partial charge in [0.05, 0.1) is 0 Å². The van der Waals surface area contributed by atoms with Gasteiger partial charge in [0, 0.05) is 43.4 Å². The predicted octanol–water partition coefficient (Wildman–Crippen LogP) is 4.45. The highest BCUT2D eigenvalue weighted by Crippen LogP contribution is 2.59. The van der Waals surface area contributed by atoms with Crippen molar-refractivity contribution in [3.63, 3.8) is 0 Å². The van der Waals surface area contributed by atoms with E-state index in [2.05, 4.69) is 41.9 Å². The molecule has 5 rings (SSSR count). The Morgan fingerprint density at radius 2 is 1.78 bits per heavy atom. The van der Waals surface area contributed by atoms with E-state index in [4.69, 9.17) is 11.6 Å². The molecule has 124 valence electrons. The van der Waals surface area contributed by atoms with Gasteiger partial charge >= 0.3 is 0 Å². The summed E-state index contributed by atoms with van der Waals surface area (Å²) in [6.07, 6.45) is 5.29. The van der Waals surface area contributed by atoms with E-state index in [1.54, 1.807) is 5.57 Å². The van der Waals surface area contributed by atoms with Crippen LogP contribution in [0.5, 0.6) is 0 Å². The first-order valence-corrected chi connectivity index (χ1v) is 9.33. The SMILES string of the molecule is CC1(C)C2CC=C(CN3CCN(c4ccc(Cl)cc4)CC3)C1C2. The van der Waals surface area contributed by atoms with E-state index in [0.29, 0.717) is 5.41 Å². The number of hydrogen-bond acceptors (Lipinski definition) is 2. The van der Waals surface area contributed by atoms with Gasteiger partial charge in [-0.3, -0.25) is 4.90 Å². The summed E-state index contributed by atoms with van der Waals surface area (Å²) in [5, 5.41) is 0.818. The smallest absolute Gasteiger partial charge is 0.0407 e. The average molecular weight is 331 g/mol. The first kappa shape index (κ1) is 15.5. The molecule has 2 bridgehead atoms. The molecule has 2 fully saturated rings. The normalized spacial score (nSPS) is 29.9. The van der Waals surface area contributed by atoms with Crippen molar-refractivity contribution in [2.24, 2.45) is 17.3 Å². The quantitative estimate of drug-likeness (QED) is 0.755. The summed E-state index contributed by atoms with van der Waals surface area (Å²) in [4.78, 5) is 5.12. The topological polar surface area (TPSA) is 6.48 Å². The number of rotatable bonds is 3. The van der Waals surface area contributed by atoms with Crippen LogP contribution in [-0.4, -0.2) is 37.6 Å². The van der Waals surface area contributed by atoms with Crippen LogP contribution in [0.3, 0.4) is 0 Å². The van der Waals surface area contributed by atoms with E-state index in [-0.39, 0.29) is 0 Å². The highest BCUT2D eigenvalue weighted by Gasteiger charge is 2.51. The van der Waals surface area contributed by atoms with E-state index in [9.17, 15) is 0 Å². The van der Waals surface area contributed by atoms with Gasteiger partial charge in [0.2, 0.25) is 0 Å². The van der Waals surface area contributed by atoms with Crippen LogP contribution in [0.1, 0.15) is 26.7 Å². The highest BCUT2D eigenvalue weighted by molar-refractivity contribution is 6.30. The van der Waals surface area contributed by atoms with Crippen molar-refractivity contribution in [3.8, 4) is 0 Å². The lowest BCUT2D eigenvalue weighted by molar-refractivity contribution is -0.0107. The molecule has 0 radical (unpaired) electrons. The number of hydrogen-bond donors (Lipinski definition) is 0. The van der Waals surface area contributed by atoms with Crippen LogP contribution in [0.2, 0.25) is 5.02 Å². The molecule has 1 aromatic rings. The number of piperazine rings is 1. The zero-order valence-electron chi connectivity index (χ0n) is 14.3. The lowest BCUT2D eigenvalue weighted by Crippen LogP contribution is -2.52. The van der Waals surface area contributed by atoms with E-state index in [0.717, 1.165) is 43.0 Å². The molecule has 0 aromatic heterocycles. The summed E-state index contributed by atoms with van der Waals surface area (Å²) in [7, 11) is 0. The minimum Gasteiger partial charge on any atom is -0.369 e. The van der Waals surface area contributed by atoms with Gasteiger partial charge in [0.25, 0.3) is 0 Å². The van der Waals surface area contributed by atoms with Gasteiger partial charge in [-0.05, 0) is 54.4 Å². The molecular weight excluding hydrogens is 304 g/mol. The zero-order chi connectivity index (χ0) is 16.0. The second-order valence-electron chi connectivity index (χ2n) is 8.06. The lowest BCUT2D eigenvalue weighted by Gasteiger charge is -2.57. The van der Waals surface area contributed by atoms with Crippen LogP contribution in [0, 0.1) is 17.3 Å². The molecule has 3 aliphatic carbocycles. The lowest BCUT2D eigenvalue weighted by atomic mass is 9.49. The Balaban J connectivity index is 1.34. The summed E-state index contributed by atoms with van der Waals surface area (Å²) < 4.78 is 0. The molecular formula is C20H27ClN2. The van der Waals surface area contributed by atoms with Crippen molar-refractivity contribution < 1.29 is 0 Å². The number of halogens is 1. The van der Waals surface area contributed by atoms with Gasteiger partial charge in [0.1, 0.15) is 0 Å². The molecule has 1 aromatic carbocycles.